The van der Waals surface area contributed by atoms with Crippen LogP contribution in [-0.2, 0) is 5.33 Å². The highest BCUT2D eigenvalue weighted by Gasteiger charge is 2.06. The van der Waals surface area contributed by atoms with Gasteiger partial charge in [-0.3, -0.25) is 5.10 Å². The van der Waals surface area contributed by atoms with Crippen LogP contribution in [0.3, 0.4) is 0 Å². The smallest absolute Gasteiger partial charge is 0.0530 e. The molecule has 0 bridgehead atoms. The number of rotatable bonds is 2. The standard InChI is InChI=1S/C7H11BrN2/c1-5(2)7-6(3-8)4-9-10-7/h4-5H,3H2,1-2H3,(H,9,10). The summed E-state index contributed by atoms with van der Waals surface area (Å²) >= 11 is 3.40. The molecule has 1 heterocycles. The molecule has 0 saturated heterocycles. The molecule has 1 N–H and O–H groups in total. The minimum absolute atomic E-state index is 0.537. The topological polar surface area (TPSA) is 28.7 Å². The number of aromatic nitrogens is 2. The van der Waals surface area contributed by atoms with Gasteiger partial charge in [-0.2, -0.15) is 5.10 Å². The molecule has 0 spiro atoms. The van der Waals surface area contributed by atoms with Crippen LogP contribution in [0.4, 0.5) is 0 Å². The van der Waals surface area contributed by atoms with Crippen molar-refractivity contribution in [3.8, 4) is 0 Å². The van der Waals surface area contributed by atoms with Crippen LogP contribution in [0.5, 0.6) is 0 Å². The number of H-pyrrole nitrogens is 1. The zero-order valence-electron chi connectivity index (χ0n) is 6.19. The van der Waals surface area contributed by atoms with Crippen LogP contribution < -0.4 is 0 Å². The molecule has 0 radical (unpaired) electrons. The molecule has 1 rings (SSSR count). The molecule has 0 aromatic carbocycles. The molecule has 0 aliphatic carbocycles. The summed E-state index contributed by atoms with van der Waals surface area (Å²) in [5.41, 5.74) is 2.49. The molecule has 0 fully saturated rings. The third-order valence-electron chi connectivity index (χ3n) is 1.47. The summed E-state index contributed by atoms with van der Waals surface area (Å²) in [6.07, 6.45) is 1.87. The Hall–Kier alpha value is -0.310. The largest absolute Gasteiger partial charge is 0.282 e. The lowest BCUT2D eigenvalue weighted by atomic mass is 10.1. The van der Waals surface area contributed by atoms with Gasteiger partial charge in [0.05, 0.1) is 6.20 Å². The van der Waals surface area contributed by atoms with Gasteiger partial charge in [0.1, 0.15) is 0 Å². The Labute approximate surface area is 69.2 Å². The quantitative estimate of drug-likeness (QED) is 0.734. The van der Waals surface area contributed by atoms with Gasteiger partial charge >= 0.3 is 0 Å². The lowest BCUT2D eigenvalue weighted by Crippen LogP contribution is -1.91. The molecule has 2 nitrogen and oxygen atoms in total. The van der Waals surface area contributed by atoms with Crippen molar-refractivity contribution in [2.24, 2.45) is 0 Å². The summed E-state index contributed by atoms with van der Waals surface area (Å²) in [4.78, 5) is 0. The molecule has 0 unspecified atom stereocenters. The fraction of sp³-hybridized carbons (Fsp3) is 0.571. The second kappa shape index (κ2) is 3.19. The Bertz CT molecular complexity index is 205. The monoisotopic (exact) mass is 202 g/mol. The van der Waals surface area contributed by atoms with Crippen LogP contribution in [0.2, 0.25) is 0 Å². The van der Waals surface area contributed by atoms with E-state index in [0.29, 0.717) is 5.92 Å². The van der Waals surface area contributed by atoms with Crippen LogP contribution in [-0.4, -0.2) is 10.2 Å². The maximum atomic E-state index is 3.96. The van der Waals surface area contributed by atoms with Crippen molar-refractivity contribution >= 4 is 15.9 Å². The van der Waals surface area contributed by atoms with Gasteiger partial charge in [0.25, 0.3) is 0 Å². The molecule has 0 amide bonds. The van der Waals surface area contributed by atoms with E-state index in [1.165, 1.54) is 11.3 Å². The summed E-state index contributed by atoms with van der Waals surface area (Å²) in [5.74, 6) is 0.537. The molecule has 3 heteroatoms. The van der Waals surface area contributed by atoms with E-state index in [2.05, 4.69) is 40.0 Å². The SMILES string of the molecule is CC(C)c1[nH]ncc1CBr. The lowest BCUT2D eigenvalue weighted by Gasteiger charge is -2.01. The van der Waals surface area contributed by atoms with Crippen molar-refractivity contribution in [3.63, 3.8) is 0 Å². The van der Waals surface area contributed by atoms with Crippen molar-refractivity contribution in [1.29, 1.82) is 0 Å². The van der Waals surface area contributed by atoms with Gasteiger partial charge < -0.3 is 0 Å². The van der Waals surface area contributed by atoms with Gasteiger partial charge in [0.2, 0.25) is 0 Å². The average Bonchev–Trinajstić information content (AvgIpc) is 2.33. The van der Waals surface area contributed by atoms with Gasteiger partial charge in [0.15, 0.2) is 0 Å². The molecule has 0 atom stereocenters. The van der Waals surface area contributed by atoms with E-state index in [4.69, 9.17) is 0 Å². The Kier molecular flexibility index (Phi) is 2.49. The molecular weight excluding hydrogens is 192 g/mol. The van der Waals surface area contributed by atoms with Crippen LogP contribution in [0, 0.1) is 0 Å². The summed E-state index contributed by atoms with van der Waals surface area (Å²) in [6, 6.07) is 0. The first kappa shape index (κ1) is 7.79. The molecule has 0 aliphatic rings. The number of nitrogens with zero attached hydrogens (tertiary/aromatic N) is 1. The molecule has 0 saturated carbocycles. The molecule has 56 valence electrons. The maximum Gasteiger partial charge on any atom is 0.0530 e. The predicted molar refractivity (Wildman–Crippen MR) is 45.3 cm³/mol. The third-order valence-corrected chi connectivity index (χ3v) is 2.08. The molecule has 1 aromatic heterocycles. The Morgan fingerprint density at radius 2 is 2.40 bits per heavy atom. The minimum Gasteiger partial charge on any atom is -0.282 e. The van der Waals surface area contributed by atoms with E-state index in [1.54, 1.807) is 0 Å². The molecular formula is C7H11BrN2. The first-order chi connectivity index (χ1) is 4.75. The molecule has 0 aliphatic heterocycles. The Balaban J connectivity index is 2.90. The summed E-state index contributed by atoms with van der Waals surface area (Å²) in [7, 11) is 0. The average molecular weight is 203 g/mol. The van der Waals surface area contributed by atoms with Crippen LogP contribution >= 0.6 is 15.9 Å². The van der Waals surface area contributed by atoms with E-state index < -0.39 is 0 Å². The highest BCUT2D eigenvalue weighted by atomic mass is 79.9. The zero-order valence-corrected chi connectivity index (χ0v) is 7.77. The highest BCUT2D eigenvalue weighted by Crippen LogP contribution is 2.17. The summed E-state index contributed by atoms with van der Waals surface area (Å²) < 4.78 is 0. The molecule has 1 aromatic rings. The van der Waals surface area contributed by atoms with Crippen molar-refractivity contribution in [1.82, 2.24) is 10.2 Å². The van der Waals surface area contributed by atoms with E-state index in [0.717, 1.165) is 5.33 Å². The second-order valence-electron chi connectivity index (χ2n) is 2.60. The van der Waals surface area contributed by atoms with Crippen molar-refractivity contribution < 1.29 is 0 Å². The van der Waals surface area contributed by atoms with Crippen LogP contribution in [0.25, 0.3) is 0 Å². The summed E-state index contributed by atoms with van der Waals surface area (Å²) in [6.45, 7) is 4.30. The van der Waals surface area contributed by atoms with Gasteiger partial charge in [-0.25, -0.2) is 0 Å². The lowest BCUT2D eigenvalue weighted by molar-refractivity contribution is 0.803. The fourth-order valence-electron chi connectivity index (χ4n) is 0.927. The van der Waals surface area contributed by atoms with Crippen molar-refractivity contribution in [3.05, 3.63) is 17.5 Å². The normalized spacial score (nSPS) is 10.8. The van der Waals surface area contributed by atoms with Gasteiger partial charge in [-0.15, -0.1) is 0 Å². The number of halogens is 1. The highest BCUT2D eigenvalue weighted by molar-refractivity contribution is 9.08. The van der Waals surface area contributed by atoms with E-state index in [1.807, 2.05) is 6.20 Å². The minimum atomic E-state index is 0.537. The van der Waals surface area contributed by atoms with Crippen molar-refractivity contribution in [2.75, 3.05) is 0 Å². The number of nitrogens with one attached hydrogen (secondary N) is 1. The first-order valence-corrected chi connectivity index (χ1v) is 4.46. The predicted octanol–water partition coefficient (Wildman–Crippen LogP) is 2.43. The van der Waals surface area contributed by atoms with Crippen LogP contribution in [0.1, 0.15) is 31.0 Å². The number of hydrogen-bond acceptors (Lipinski definition) is 1. The Morgan fingerprint density at radius 1 is 1.70 bits per heavy atom. The zero-order chi connectivity index (χ0) is 7.56. The van der Waals surface area contributed by atoms with Gasteiger partial charge in [-0.1, -0.05) is 29.8 Å². The van der Waals surface area contributed by atoms with Gasteiger partial charge in [0, 0.05) is 16.6 Å². The number of aromatic amines is 1. The molecule has 10 heavy (non-hydrogen) atoms. The maximum absolute atomic E-state index is 3.96. The van der Waals surface area contributed by atoms with E-state index in [9.17, 15) is 0 Å². The van der Waals surface area contributed by atoms with E-state index in [-0.39, 0.29) is 0 Å². The van der Waals surface area contributed by atoms with Gasteiger partial charge in [-0.05, 0) is 5.92 Å². The van der Waals surface area contributed by atoms with Crippen LogP contribution in [0.15, 0.2) is 6.20 Å². The number of alkyl halides is 1. The number of hydrogen-bond donors (Lipinski definition) is 1. The third kappa shape index (κ3) is 1.40. The second-order valence-corrected chi connectivity index (χ2v) is 3.16. The summed E-state index contributed by atoms with van der Waals surface area (Å²) in [5, 5.41) is 7.82. The fourth-order valence-corrected chi connectivity index (χ4v) is 1.37. The van der Waals surface area contributed by atoms with E-state index >= 15 is 0 Å². The van der Waals surface area contributed by atoms with Crippen molar-refractivity contribution in [2.45, 2.75) is 25.1 Å². The first-order valence-electron chi connectivity index (χ1n) is 3.33. The Morgan fingerprint density at radius 3 is 2.80 bits per heavy atom.